The molecule has 0 aliphatic carbocycles. The summed E-state index contributed by atoms with van der Waals surface area (Å²) in [5.41, 5.74) is 12.6. The lowest BCUT2D eigenvalue weighted by Gasteiger charge is -2.04. The van der Waals surface area contributed by atoms with Crippen LogP contribution in [0.3, 0.4) is 0 Å². The topological polar surface area (TPSA) is 142 Å². The maximum Gasteiger partial charge on any atom is 0.320 e. The standard InChI is InChI=1S/C11H12N2O2.C5H11NO2S/c12-9(11(14)15)5-7-6-13-10-4-2-1-3-8(7)10;1-9-3-2-4(6)5(7)8/h1-4,6,9,13H,5,12H2,(H,14,15);4H,2-3,6H2,1H3,(H,7,8)/t9-;4-/m00/s1. The van der Waals surface area contributed by atoms with E-state index in [0.717, 1.165) is 22.2 Å². The van der Waals surface area contributed by atoms with E-state index >= 15 is 0 Å². The molecular weight excluding hydrogens is 330 g/mol. The molecule has 0 saturated carbocycles. The molecule has 0 unspecified atom stereocenters. The van der Waals surface area contributed by atoms with Crippen LogP contribution in [-0.2, 0) is 16.0 Å². The molecule has 24 heavy (non-hydrogen) atoms. The van der Waals surface area contributed by atoms with Gasteiger partial charge in [0.25, 0.3) is 0 Å². The second-order valence-corrected chi connectivity index (χ2v) is 6.22. The van der Waals surface area contributed by atoms with Crippen molar-refractivity contribution in [2.45, 2.75) is 24.9 Å². The normalized spacial score (nSPS) is 13.0. The van der Waals surface area contributed by atoms with Crippen molar-refractivity contribution in [1.82, 2.24) is 4.98 Å². The van der Waals surface area contributed by atoms with Gasteiger partial charge in [-0.1, -0.05) is 18.2 Å². The molecule has 7 N–H and O–H groups in total. The van der Waals surface area contributed by atoms with E-state index in [1.165, 1.54) is 0 Å². The van der Waals surface area contributed by atoms with Gasteiger partial charge >= 0.3 is 11.9 Å². The largest absolute Gasteiger partial charge is 0.480 e. The Morgan fingerprint density at radius 1 is 1.17 bits per heavy atom. The predicted molar refractivity (Wildman–Crippen MR) is 96.2 cm³/mol. The van der Waals surface area contributed by atoms with Crippen LogP contribution in [0.5, 0.6) is 0 Å². The number of fused-ring (bicyclic) bond motifs is 1. The summed E-state index contributed by atoms with van der Waals surface area (Å²) in [5.74, 6) is -1.07. The van der Waals surface area contributed by atoms with Crippen LogP contribution < -0.4 is 11.5 Å². The number of rotatable bonds is 7. The fourth-order valence-corrected chi connectivity index (χ4v) is 2.48. The quantitative estimate of drug-likeness (QED) is 0.504. The molecule has 0 fully saturated rings. The van der Waals surface area contributed by atoms with Crippen LogP contribution in [-0.4, -0.2) is 51.2 Å². The average Bonchev–Trinajstić information content (AvgIpc) is 2.96. The molecule has 2 atom stereocenters. The SMILES string of the molecule is CSCC[C@H](N)C(=O)O.N[C@@H](Cc1c[nH]c2ccccc12)C(=O)O. The summed E-state index contributed by atoms with van der Waals surface area (Å²) in [7, 11) is 0. The molecule has 132 valence electrons. The van der Waals surface area contributed by atoms with Gasteiger partial charge in [-0.3, -0.25) is 9.59 Å². The van der Waals surface area contributed by atoms with Gasteiger partial charge in [0.05, 0.1) is 0 Å². The summed E-state index contributed by atoms with van der Waals surface area (Å²) in [6.07, 6.45) is 4.64. The number of benzene rings is 1. The van der Waals surface area contributed by atoms with Crippen LogP contribution in [0.4, 0.5) is 0 Å². The molecular formula is C16H23N3O4S. The number of nitrogens with two attached hydrogens (primary N) is 2. The maximum atomic E-state index is 10.6. The predicted octanol–water partition coefficient (Wildman–Crippen LogP) is 1.27. The molecule has 0 spiro atoms. The molecule has 1 aromatic heterocycles. The minimum Gasteiger partial charge on any atom is -0.480 e. The first-order valence-corrected chi connectivity index (χ1v) is 8.76. The van der Waals surface area contributed by atoms with Crippen LogP contribution in [0, 0.1) is 0 Å². The van der Waals surface area contributed by atoms with Crippen LogP contribution in [0.15, 0.2) is 30.5 Å². The number of hydrogen-bond acceptors (Lipinski definition) is 5. The molecule has 0 saturated heterocycles. The van der Waals surface area contributed by atoms with E-state index in [4.69, 9.17) is 21.7 Å². The maximum absolute atomic E-state index is 10.6. The van der Waals surface area contributed by atoms with Crippen LogP contribution in [0.25, 0.3) is 10.9 Å². The van der Waals surface area contributed by atoms with Gasteiger partial charge < -0.3 is 26.7 Å². The van der Waals surface area contributed by atoms with Gasteiger partial charge in [0, 0.05) is 23.5 Å². The van der Waals surface area contributed by atoms with Gasteiger partial charge in [0.15, 0.2) is 0 Å². The molecule has 0 radical (unpaired) electrons. The number of nitrogens with one attached hydrogen (secondary N) is 1. The van der Waals surface area contributed by atoms with E-state index in [1.807, 2.05) is 36.7 Å². The van der Waals surface area contributed by atoms with Gasteiger partial charge in [0.2, 0.25) is 0 Å². The number of H-pyrrole nitrogens is 1. The fraction of sp³-hybridized carbons (Fsp3) is 0.375. The van der Waals surface area contributed by atoms with Crippen molar-refractivity contribution in [2.24, 2.45) is 11.5 Å². The van der Waals surface area contributed by atoms with E-state index in [0.29, 0.717) is 12.8 Å². The number of aliphatic carboxylic acids is 2. The van der Waals surface area contributed by atoms with E-state index in [2.05, 4.69) is 4.98 Å². The lowest BCUT2D eigenvalue weighted by atomic mass is 10.1. The number of carboxylic acid groups (broad SMARTS) is 2. The number of thioether (sulfide) groups is 1. The zero-order valence-corrected chi connectivity index (χ0v) is 14.3. The molecule has 0 amide bonds. The highest BCUT2D eigenvalue weighted by molar-refractivity contribution is 7.98. The van der Waals surface area contributed by atoms with Gasteiger partial charge in [-0.15, -0.1) is 0 Å². The highest BCUT2D eigenvalue weighted by Gasteiger charge is 2.14. The Morgan fingerprint density at radius 3 is 2.38 bits per heavy atom. The highest BCUT2D eigenvalue weighted by atomic mass is 32.2. The summed E-state index contributed by atoms with van der Waals surface area (Å²) in [4.78, 5) is 23.8. The second-order valence-electron chi connectivity index (χ2n) is 5.23. The van der Waals surface area contributed by atoms with E-state index in [9.17, 15) is 9.59 Å². The van der Waals surface area contributed by atoms with Gasteiger partial charge in [-0.05, 0) is 30.1 Å². The summed E-state index contributed by atoms with van der Waals surface area (Å²) in [5, 5.41) is 18.0. The Labute approximate surface area is 144 Å². The van der Waals surface area contributed by atoms with Crippen molar-refractivity contribution >= 4 is 34.6 Å². The zero-order valence-electron chi connectivity index (χ0n) is 13.4. The van der Waals surface area contributed by atoms with E-state index in [-0.39, 0.29) is 0 Å². The summed E-state index contributed by atoms with van der Waals surface area (Å²) < 4.78 is 0. The van der Waals surface area contributed by atoms with Crippen molar-refractivity contribution in [3.05, 3.63) is 36.0 Å². The zero-order chi connectivity index (χ0) is 18.1. The first-order chi connectivity index (χ1) is 11.4. The van der Waals surface area contributed by atoms with Crippen molar-refractivity contribution < 1.29 is 19.8 Å². The smallest absolute Gasteiger partial charge is 0.320 e. The lowest BCUT2D eigenvalue weighted by Crippen LogP contribution is -2.32. The number of carboxylic acids is 2. The monoisotopic (exact) mass is 353 g/mol. The Hall–Kier alpha value is -2.03. The average molecular weight is 353 g/mol. The molecule has 2 rings (SSSR count). The van der Waals surface area contributed by atoms with E-state index < -0.39 is 24.0 Å². The van der Waals surface area contributed by atoms with Crippen LogP contribution >= 0.6 is 11.8 Å². The van der Waals surface area contributed by atoms with Crippen molar-refractivity contribution in [3.8, 4) is 0 Å². The number of aromatic nitrogens is 1. The van der Waals surface area contributed by atoms with Crippen LogP contribution in [0.2, 0.25) is 0 Å². The van der Waals surface area contributed by atoms with Gasteiger partial charge in [-0.25, -0.2) is 0 Å². The Morgan fingerprint density at radius 2 is 1.79 bits per heavy atom. The molecule has 1 aromatic carbocycles. The first-order valence-electron chi connectivity index (χ1n) is 7.37. The molecule has 0 bridgehead atoms. The molecule has 8 heteroatoms. The Kier molecular flexibility index (Phi) is 8.31. The van der Waals surface area contributed by atoms with Crippen molar-refractivity contribution in [3.63, 3.8) is 0 Å². The molecule has 1 heterocycles. The molecule has 0 aliphatic heterocycles. The number of aromatic amines is 1. The lowest BCUT2D eigenvalue weighted by molar-refractivity contribution is -0.139. The fourth-order valence-electron chi connectivity index (χ4n) is 1.99. The third kappa shape index (κ3) is 6.23. The molecule has 2 aromatic rings. The van der Waals surface area contributed by atoms with Gasteiger partial charge in [-0.2, -0.15) is 11.8 Å². The van der Waals surface area contributed by atoms with Gasteiger partial charge in [0.1, 0.15) is 12.1 Å². The number of para-hydroxylation sites is 1. The third-order valence-electron chi connectivity index (χ3n) is 3.38. The second kappa shape index (κ2) is 9.96. The molecule has 0 aliphatic rings. The highest BCUT2D eigenvalue weighted by Crippen LogP contribution is 2.18. The number of carbonyl (C=O) groups is 2. The van der Waals surface area contributed by atoms with E-state index in [1.54, 1.807) is 11.8 Å². The first kappa shape index (κ1) is 20.0. The van der Waals surface area contributed by atoms with Crippen molar-refractivity contribution in [2.75, 3.05) is 12.0 Å². The summed E-state index contributed by atoms with van der Waals surface area (Å²) >= 11 is 1.60. The van der Waals surface area contributed by atoms with Crippen LogP contribution in [0.1, 0.15) is 12.0 Å². The Balaban J connectivity index is 0.000000277. The third-order valence-corrected chi connectivity index (χ3v) is 4.03. The molecule has 7 nitrogen and oxygen atoms in total. The number of hydrogen-bond donors (Lipinski definition) is 5. The summed E-state index contributed by atoms with van der Waals surface area (Å²) in [6, 6.07) is 6.23. The minimum atomic E-state index is -0.972. The minimum absolute atomic E-state index is 0.347. The van der Waals surface area contributed by atoms with Crippen molar-refractivity contribution in [1.29, 1.82) is 0 Å². The Bertz CT molecular complexity index is 674. The summed E-state index contributed by atoms with van der Waals surface area (Å²) in [6.45, 7) is 0.